The highest BCUT2D eigenvalue weighted by atomic mass is 79.9. The number of benzene rings is 1. The Kier molecular flexibility index (Phi) is 4.49. The first-order chi connectivity index (χ1) is 9.74. The quantitative estimate of drug-likeness (QED) is 0.833. The zero-order valence-corrected chi connectivity index (χ0v) is 13.4. The largest absolute Gasteiger partial charge is 0.466 e. The molecule has 1 aromatic heterocycles. The summed E-state index contributed by atoms with van der Waals surface area (Å²) in [7, 11) is 1.71. The normalized spacial score (nSPS) is 13.5. The van der Waals surface area contributed by atoms with Crippen molar-refractivity contribution < 1.29 is 17.6 Å². The second-order valence-electron chi connectivity index (χ2n) is 4.83. The highest BCUT2D eigenvalue weighted by Crippen LogP contribution is 2.37. The summed E-state index contributed by atoms with van der Waals surface area (Å²) in [5.74, 6) is 1.43. The molecule has 0 saturated heterocycles. The molecule has 1 heterocycles. The summed E-state index contributed by atoms with van der Waals surface area (Å²) in [5, 5.41) is 3.04. The Morgan fingerprint density at radius 2 is 1.86 bits per heavy atom. The second kappa shape index (κ2) is 5.85. The molecule has 0 radical (unpaired) electrons. The van der Waals surface area contributed by atoms with Crippen molar-refractivity contribution in [2.75, 3.05) is 7.05 Å². The summed E-state index contributed by atoms with van der Waals surface area (Å²) < 4.78 is 44.5. The lowest BCUT2D eigenvalue weighted by Gasteiger charge is -2.18. The molecule has 1 N–H and O–H groups in total. The monoisotopic (exact) mass is 361 g/mol. The van der Waals surface area contributed by atoms with Crippen LogP contribution in [0.5, 0.6) is 0 Å². The number of nitrogens with one attached hydrogen (secondary N) is 1. The standard InChI is InChI=1S/C15H15BrF3NO/c1-8-6-11(9(2)21-8)14(20-3)10-4-5-13(16)12(7-10)15(17,18)19/h4-7,14,20H,1-3H3. The van der Waals surface area contributed by atoms with E-state index in [-0.39, 0.29) is 10.5 Å². The molecule has 1 atom stereocenters. The van der Waals surface area contributed by atoms with E-state index >= 15 is 0 Å². The summed E-state index contributed by atoms with van der Waals surface area (Å²) in [6.07, 6.45) is -4.39. The van der Waals surface area contributed by atoms with Gasteiger partial charge in [-0.05, 0) is 44.7 Å². The minimum atomic E-state index is -4.39. The lowest BCUT2D eigenvalue weighted by Crippen LogP contribution is -2.19. The molecular weight excluding hydrogens is 347 g/mol. The molecule has 0 fully saturated rings. The van der Waals surface area contributed by atoms with Crippen molar-refractivity contribution in [1.82, 2.24) is 5.32 Å². The van der Waals surface area contributed by atoms with E-state index in [1.807, 2.05) is 13.0 Å². The Labute approximate surface area is 129 Å². The predicted molar refractivity (Wildman–Crippen MR) is 78.2 cm³/mol. The van der Waals surface area contributed by atoms with Gasteiger partial charge in [-0.15, -0.1) is 0 Å². The third-order valence-electron chi connectivity index (χ3n) is 3.31. The van der Waals surface area contributed by atoms with Crippen LogP contribution in [-0.2, 0) is 6.18 Å². The van der Waals surface area contributed by atoms with Gasteiger partial charge < -0.3 is 9.73 Å². The number of hydrogen-bond donors (Lipinski definition) is 1. The third kappa shape index (κ3) is 3.32. The van der Waals surface area contributed by atoms with Gasteiger partial charge in [0.15, 0.2) is 0 Å². The number of alkyl halides is 3. The van der Waals surface area contributed by atoms with Gasteiger partial charge in [0.05, 0.1) is 11.6 Å². The summed E-state index contributed by atoms with van der Waals surface area (Å²) >= 11 is 2.95. The fourth-order valence-electron chi connectivity index (χ4n) is 2.38. The first-order valence-corrected chi connectivity index (χ1v) is 7.14. The number of aryl methyl sites for hydroxylation is 2. The highest BCUT2D eigenvalue weighted by Gasteiger charge is 2.34. The molecule has 0 aliphatic carbocycles. The van der Waals surface area contributed by atoms with Crippen LogP contribution in [0.1, 0.15) is 34.3 Å². The van der Waals surface area contributed by atoms with Gasteiger partial charge in [0.1, 0.15) is 11.5 Å². The Morgan fingerprint density at radius 1 is 1.19 bits per heavy atom. The van der Waals surface area contributed by atoms with Gasteiger partial charge in [-0.2, -0.15) is 13.2 Å². The van der Waals surface area contributed by atoms with Crippen LogP contribution in [-0.4, -0.2) is 7.05 Å². The first kappa shape index (κ1) is 16.1. The van der Waals surface area contributed by atoms with E-state index in [0.29, 0.717) is 11.3 Å². The highest BCUT2D eigenvalue weighted by molar-refractivity contribution is 9.10. The average Bonchev–Trinajstić information content (AvgIpc) is 2.70. The molecule has 21 heavy (non-hydrogen) atoms. The van der Waals surface area contributed by atoms with Crippen molar-refractivity contribution in [2.45, 2.75) is 26.1 Å². The van der Waals surface area contributed by atoms with E-state index in [0.717, 1.165) is 17.4 Å². The average molecular weight is 362 g/mol. The van der Waals surface area contributed by atoms with Crippen LogP contribution < -0.4 is 5.32 Å². The summed E-state index contributed by atoms with van der Waals surface area (Å²) in [5.41, 5.74) is 0.695. The van der Waals surface area contributed by atoms with Gasteiger partial charge >= 0.3 is 6.18 Å². The SMILES string of the molecule is CNC(c1ccc(Br)c(C(F)(F)F)c1)c1cc(C)oc1C. The van der Waals surface area contributed by atoms with Crippen molar-refractivity contribution >= 4 is 15.9 Å². The molecule has 0 aliphatic rings. The van der Waals surface area contributed by atoms with Gasteiger partial charge in [0, 0.05) is 10.0 Å². The minimum Gasteiger partial charge on any atom is -0.466 e. The van der Waals surface area contributed by atoms with Crippen molar-refractivity contribution in [3.8, 4) is 0 Å². The zero-order chi connectivity index (χ0) is 15.8. The number of halogens is 4. The summed E-state index contributed by atoms with van der Waals surface area (Å²) in [6, 6.07) is 5.74. The van der Waals surface area contributed by atoms with Crippen LogP contribution in [0.4, 0.5) is 13.2 Å². The Bertz CT molecular complexity index is 649. The van der Waals surface area contributed by atoms with E-state index in [1.165, 1.54) is 6.07 Å². The fourth-order valence-corrected chi connectivity index (χ4v) is 2.85. The lowest BCUT2D eigenvalue weighted by atomic mass is 9.97. The van der Waals surface area contributed by atoms with Gasteiger partial charge in [0.2, 0.25) is 0 Å². The fraction of sp³-hybridized carbons (Fsp3) is 0.333. The molecule has 0 aliphatic heterocycles. The molecular formula is C15H15BrF3NO. The smallest absolute Gasteiger partial charge is 0.417 e. The second-order valence-corrected chi connectivity index (χ2v) is 5.68. The maximum Gasteiger partial charge on any atom is 0.417 e. The zero-order valence-electron chi connectivity index (χ0n) is 11.8. The molecule has 1 aromatic carbocycles. The third-order valence-corrected chi connectivity index (χ3v) is 4.00. The summed E-state index contributed by atoms with van der Waals surface area (Å²) in [6.45, 7) is 3.61. The molecule has 114 valence electrons. The molecule has 0 bridgehead atoms. The Balaban J connectivity index is 2.51. The molecule has 0 saturated carbocycles. The van der Waals surface area contributed by atoms with Gasteiger partial charge in [-0.1, -0.05) is 22.0 Å². The molecule has 0 amide bonds. The van der Waals surface area contributed by atoms with Crippen molar-refractivity contribution in [2.24, 2.45) is 0 Å². The van der Waals surface area contributed by atoms with Crippen LogP contribution >= 0.6 is 15.9 Å². The summed E-state index contributed by atoms with van der Waals surface area (Å²) in [4.78, 5) is 0. The van der Waals surface area contributed by atoms with E-state index in [9.17, 15) is 13.2 Å². The van der Waals surface area contributed by atoms with Crippen molar-refractivity contribution in [1.29, 1.82) is 0 Å². The molecule has 0 spiro atoms. The number of furan rings is 1. The van der Waals surface area contributed by atoms with Crippen molar-refractivity contribution in [3.63, 3.8) is 0 Å². The molecule has 2 rings (SSSR count). The van der Waals surface area contributed by atoms with Crippen LogP contribution in [0, 0.1) is 13.8 Å². The molecule has 1 unspecified atom stereocenters. The van der Waals surface area contributed by atoms with E-state index in [2.05, 4.69) is 21.2 Å². The number of rotatable bonds is 3. The van der Waals surface area contributed by atoms with Crippen LogP contribution in [0.2, 0.25) is 0 Å². The van der Waals surface area contributed by atoms with E-state index in [1.54, 1.807) is 20.0 Å². The topological polar surface area (TPSA) is 25.2 Å². The van der Waals surface area contributed by atoms with Crippen LogP contribution in [0.3, 0.4) is 0 Å². The molecule has 6 heteroatoms. The lowest BCUT2D eigenvalue weighted by molar-refractivity contribution is -0.138. The van der Waals surface area contributed by atoms with Gasteiger partial charge in [-0.25, -0.2) is 0 Å². The Morgan fingerprint density at radius 3 is 2.33 bits per heavy atom. The van der Waals surface area contributed by atoms with E-state index < -0.39 is 11.7 Å². The first-order valence-electron chi connectivity index (χ1n) is 6.35. The van der Waals surface area contributed by atoms with Crippen LogP contribution in [0.25, 0.3) is 0 Å². The number of hydrogen-bond acceptors (Lipinski definition) is 2. The Hall–Kier alpha value is -1.27. The maximum absolute atomic E-state index is 13.0. The minimum absolute atomic E-state index is 0.0358. The van der Waals surface area contributed by atoms with Gasteiger partial charge in [0.25, 0.3) is 0 Å². The van der Waals surface area contributed by atoms with E-state index in [4.69, 9.17) is 4.42 Å². The van der Waals surface area contributed by atoms with Crippen molar-refractivity contribution in [3.05, 3.63) is 56.9 Å². The van der Waals surface area contributed by atoms with Crippen LogP contribution in [0.15, 0.2) is 33.2 Å². The predicted octanol–water partition coefficient (Wildman–Crippen LogP) is 4.99. The maximum atomic E-state index is 13.0. The molecule has 2 nitrogen and oxygen atoms in total. The van der Waals surface area contributed by atoms with Gasteiger partial charge in [-0.3, -0.25) is 0 Å². The molecule has 2 aromatic rings.